The monoisotopic (exact) mass is 171 g/mol. The van der Waals surface area contributed by atoms with E-state index >= 15 is 0 Å². The van der Waals surface area contributed by atoms with E-state index in [-0.39, 0.29) is 5.97 Å². The molecular weight excluding hydrogens is 158 g/mol. The Labute approximate surface area is 71.4 Å². The highest BCUT2D eigenvalue weighted by molar-refractivity contribution is 5.86. The summed E-state index contributed by atoms with van der Waals surface area (Å²) in [7, 11) is 0. The second-order valence-electron chi connectivity index (χ2n) is 2.48. The smallest absolute Gasteiger partial charge is 0.302 e. The molecule has 0 aliphatic carbocycles. The molecule has 0 rings (SSSR count). The van der Waals surface area contributed by atoms with E-state index in [1.807, 2.05) is 0 Å². The normalized spacial score (nSPS) is 11.0. The first-order chi connectivity index (χ1) is 5.52. The van der Waals surface area contributed by atoms with Crippen LogP contribution in [0.3, 0.4) is 0 Å². The number of hydrogen-bond acceptors (Lipinski definition) is 3. The SMILES string of the molecule is CC(=O)OCC/C(C)=C/C(N)=O. The van der Waals surface area contributed by atoms with Gasteiger partial charge in [0.25, 0.3) is 0 Å². The number of carbonyl (C=O) groups is 2. The summed E-state index contributed by atoms with van der Waals surface area (Å²) in [6, 6.07) is 0. The van der Waals surface area contributed by atoms with Gasteiger partial charge in [0, 0.05) is 19.4 Å². The van der Waals surface area contributed by atoms with E-state index in [9.17, 15) is 9.59 Å². The second kappa shape index (κ2) is 5.35. The zero-order valence-electron chi connectivity index (χ0n) is 7.29. The van der Waals surface area contributed by atoms with E-state index in [1.165, 1.54) is 13.0 Å². The predicted molar refractivity (Wildman–Crippen MR) is 44.2 cm³/mol. The van der Waals surface area contributed by atoms with E-state index in [1.54, 1.807) is 6.92 Å². The van der Waals surface area contributed by atoms with Crippen LogP contribution in [0.25, 0.3) is 0 Å². The van der Waals surface area contributed by atoms with Crippen LogP contribution in [0.15, 0.2) is 11.6 Å². The van der Waals surface area contributed by atoms with E-state index in [0.717, 1.165) is 5.57 Å². The molecule has 0 bridgehead atoms. The summed E-state index contributed by atoms with van der Waals surface area (Å²) < 4.78 is 4.66. The number of ether oxygens (including phenoxy) is 1. The third kappa shape index (κ3) is 6.80. The van der Waals surface area contributed by atoms with Crippen molar-refractivity contribution >= 4 is 11.9 Å². The Kier molecular flexibility index (Phi) is 4.76. The van der Waals surface area contributed by atoms with E-state index in [0.29, 0.717) is 13.0 Å². The molecule has 0 spiro atoms. The molecule has 0 unspecified atom stereocenters. The van der Waals surface area contributed by atoms with Gasteiger partial charge >= 0.3 is 5.97 Å². The summed E-state index contributed by atoms with van der Waals surface area (Å²) in [5.41, 5.74) is 5.71. The average molecular weight is 171 g/mol. The second-order valence-corrected chi connectivity index (χ2v) is 2.48. The number of carbonyl (C=O) groups excluding carboxylic acids is 2. The maximum Gasteiger partial charge on any atom is 0.302 e. The zero-order valence-corrected chi connectivity index (χ0v) is 7.29. The number of amides is 1. The Morgan fingerprint density at radius 2 is 2.00 bits per heavy atom. The van der Waals surface area contributed by atoms with E-state index in [2.05, 4.69) is 4.74 Å². The Bertz CT molecular complexity index is 208. The number of rotatable bonds is 4. The highest BCUT2D eigenvalue weighted by Crippen LogP contribution is 1.98. The van der Waals surface area contributed by atoms with Crippen molar-refractivity contribution in [3.05, 3.63) is 11.6 Å². The van der Waals surface area contributed by atoms with Crippen molar-refractivity contribution in [2.24, 2.45) is 5.73 Å². The van der Waals surface area contributed by atoms with Crippen LogP contribution in [0, 0.1) is 0 Å². The Morgan fingerprint density at radius 3 is 2.42 bits per heavy atom. The molecule has 4 nitrogen and oxygen atoms in total. The van der Waals surface area contributed by atoms with Gasteiger partial charge in [0.2, 0.25) is 5.91 Å². The van der Waals surface area contributed by atoms with Crippen molar-refractivity contribution in [2.75, 3.05) is 6.61 Å². The number of primary amides is 1. The van der Waals surface area contributed by atoms with Crippen LogP contribution < -0.4 is 5.73 Å². The lowest BCUT2D eigenvalue weighted by atomic mass is 10.2. The summed E-state index contributed by atoms with van der Waals surface area (Å²) in [5.74, 6) is -0.794. The van der Waals surface area contributed by atoms with Crippen LogP contribution >= 0.6 is 0 Å². The van der Waals surface area contributed by atoms with Crippen molar-refractivity contribution in [1.29, 1.82) is 0 Å². The summed E-state index contributed by atoms with van der Waals surface area (Å²) >= 11 is 0. The van der Waals surface area contributed by atoms with Crippen LogP contribution in [0.4, 0.5) is 0 Å². The molecule has 1 amide bonds. The van der Waals surface area contributed by atoms with Gasteiger partial charge in [0.05, 0.1) is 6.61 Å². The molecule has 0 aromatic rings. The fourth-order valence-electron chi connectivity index (χ4n) is 0.671. The van der Waals surface area contributed by atoms with E-state index in [4.69, 9.17) is 5.73 Å². The minimum absolute atomic E-state index is 0.297. The van der Waals surface area contributed by atoms with Crippen molar-refractivity contribution < 1.29 is 14.3 Å². The zero-order chi connectivity index (χ0) is 9.56. The number of nitrogens with two attached hydrogens (primary N) is 1. The fourth-order valence-corrected chi connectivity index (χ4v) is 0.671. The van der Waals surface area contributed by atoms with Gasteiger partial charge in [-0.25, -0.2) is 0 Å². The maximum atomic E-state index is 10.3. The first-order valence-corrected chi connectivity index (χ1v) is 3.62. The van der Waals surface area contributed by atoms with Crippen LogP contribution in [-0.4, -0.2) is 18.5 Å². The quantitative estimate of drug-likeness (QED) is 0.490. The summed E-state index contributed by atoms with van der Waals surface area (Å²) in [6.45, 7) is 3.40. The lowest BCUT2D eigenvalue weighted by molar-refractivity contribution is -0.140. The van der Waals surface area contributed by atoms with Crippen LogP contribution in [-0.2, 0) is 14.3 Å². The van der Waals surface area contributed by atoms with Gasteiger partial charge in [-0.2, -0.15) is 0 Å². The van der Waals surface area contributed by atoms with Crippen molar-refractivity contribution in [3.8, 4) is 0 Å². The lowest BCUT2D eigenvalue weighted by Crippen LogP contribution is -2.07. The van der Waals surface area contributed by atoms with Gasteiger partial charge in [-0.05, 0) is 6.92 Å². The molecule has 0 fully saturated rings. The van der Waals surface area contributed by atoms with Gasteiger partial charge < -0.3 is 10.5 Å². The minimum Gasteiger partial charge on any atom is -0.466 e. The molecule has 2 N–H and O–H groups in total. The van der Waals surface area contributed by atoms with E-state index < -0.39 is 5.91 Å². The molecule has 68 valence electrons. The summed E-state index contributed by atoms with van der Waals surface area (Å²) in [6.07, 6.45) is 1.87. The minimum atomic E-state index is -0.477. The third-order valence-electron chi connectivity index (χ3n) is 1.19. The van der Waals surface area contributed by atoms with Gasteiger partial charge in [0.15, 0.2) is 0 Å². The molecule has 12 heavy (non-hydrogen) atoms. The van der Waals surface area contributed by atoms with Crippen LogP contribution in [0.5, 0.6) is 0 Å². The molecule has 0 aromatic carbocycles. The molecule has 0 heterocycles. The summed E-state index contributed by atoms with van der Waals surface area (Å²) in [5, 5.41) is 0. The Morgan fingerprint density at radius 1 is 1.42 bits per heavy atom. The third-order valence-corrected chi connectivity index (χ3v) is 1.19. The van der Waals surface area contributed by atoms with Crippen molar-refractivity contribution in [1.82, 2.24) is 0 Å². The maximum absolute atomic E-state index is 10.3. The molecule has 0 aromatic heterocycles. The van der Waals surface area contributed by atoms with Gasteiger partial charge in [-0.1, -0.05) is 5.57 Å². The predicted octanol–water partition coefficient (Wildman–Crippen LogP) is 0.371. The first kappa shape index (κ1) is 10.7. The number of hydrogen-bond donors (Lipinski definition) is 1. The molecule has 0 atom stereocenters. The fraction of sp³-hybridized carbons (Fsp3) is 0.500. The van der Waals surface area contributed by atoms with Crippen molar-refractivity contribution in [2.45, 2.75) is 20.3 Å². The van der Waals surface area contributed by atoms with Gasteiger partial charge in [-0.15, -0.1) is 0 Å². The Hall–Kier alpha value is -1.32. The average Bonchev–Trinajstić information content (AvgIpc) is 1.84. The molecule has 0 aliphatic heterocycles. The number of esters is 1. The van der Waals surface area contributed by atoms with Crippen LogP contribution in [0.2, 0.25) is 0 Å². The molecule has 0 saturated heterocycles. The van der Waals surface area contributed by atoms with Gasteiger partial charge in [0.1, 0.15) is 0 Å². The largest absolute Gasteiger partial charge is 0.466 e. The molecule has 0 saturated carbocycles. The highest BCUT2D eigenvalue weighted by atomic mass is 16.5. The summed E-state index contributed by atoms with van der Waals surface area (Å²) in [4.78, 5) is 20.7. The van der Waals surface area contributed by atoms with Crippen LogP contribution in [0.1, 0.15) is 20.3 Å². The Balaban J connectivity index is 3.64. The first-order valence-electron chi connectivity index (χ1n) is 3.62. The molecule has 4 heteroatoms. The topological polar surface area (TPSA) is 69.4 Å². The standard InChI is InChI=1S/C8H13NO3/c1-6(5-8(9)11)3-4-12-7(2)10/h5H,3-4H2,1-2H3,(H2,9,11)/b6-5+. The lowest BCUT2D eigenvalue weighted by Gasteiger charge is -2.00. The highest BCUT2D eigenvalue weighted by Gasteiger charge is 1.95. The molecular formula is C8H13NO3. The van der Waals surface area contributed by atoms with Gasteiger partial charge in [-0.3, -0.25) is 9.59 Å². The van der Waals surface area contributed by atoms with Crippen molar-refractivity contribution in [3.63, 3.8) is 0 Å². The molecule has 0 radical (unpaired) electrons. The molecule has 0 aliphatic rings.